The maximum Gasteiger partial charge on any atom is 0.226 e. The molecule has 19 heavy (non-hydrogen) atoms. The average Bonchev–Trinajstić information content (AvgIpc) is 3.06. The molecule has 1 heterocycles. The Labute approximate surface area is 118 Å². The lowest BCUT2D eigenvalue weighted by atomic mass is 10.1. The predicted molar refractivity (Wildman–Crippen MR) is 78.8 cm³/mol. The van der Waals surface area contributed by atoms with Crippen LogP contribution in [0, 0.1) is 5.92 Å². The predicted octanol–water partition coefficient (Wildman–Crippen LogP) is 2.07. The summed E-state index contributed by atoms with van der Waals surface area (Å²) in [4.78, 5) is 14.9. The molecule has 1 saturated carbocycles. The fourth-order valence-corrected chi connectivity index (χ4v) is 3.32. The van der Waals surface area contributed by atoms with Crippen LogP contribution in [0.3, 0.4) is 0 Å². The maximum absolute atomic E-state index is 12.5. The summed E-state index contributed by atoms with van der Waals surface area (Å²) in [6.45, 7) is 0.804. The molecule has 4 heteroatoms. The molecule has 0 bridgehead atoms. The van der Waals surface area contributed by atoms with Gasteiger partial charge in [0.1, 0.15) is 0 Å². The Hall–Kier alpha value is -1.42. The number of nitrogens with two attached hydrogens (primary N) is 1. The lowest BCUT2D eigenvalue weighted by molar-refractivity contribution is -0.132. The summed E-state index contributed by atoms with van der Waals surface area (Å²) in [6, 6.07) is 10.3. The molecule has 1 aromatic rings. The van der Waals surface area contributed by atoms with Crippen LogP contribution in [-0.2, 0) is 4.79 Å². The molecule has 1 aromatic carbocycles. The second kappa shape index (κ2) is 4.93. The molecule has 2 aliphatic rings. The quantitative estimate of drug-likeness (QED) is 0.858. The van der Waals surface area contributed by atoms with E-state index in [1.165, 1.54) is 5.56 Å². The van der Waals surface area contributed by atoms with Crippen molar-refractivity contribution < 1.29 is 4.79 Å². The van der Waals surface area contributed by atoms with Gasteiger partial charge in [-0.15, -0.1) is 0 Å². The molecule has 1 aliphatic heterocycles. The van der Waals surface area contributed by atoms with Crippen molar-refractivity contribution in [3.05, 3.63) is 35.9 Å². The maximum atomic E-state index is 12.5. The molecule has 2 fully saturated rings. The van der Waals surface area contributed by atoms with Gasteiger partial charge in [-0.2, -0.15) is 0 Å². The van der Waals surface area contributed by atoms with Crippen LogP contribution in [0.15, 0.2) is 30.3 Å². The number of hydrogen-bond donors (Lipinski definition) is 1. The first kappa shape index (κ1) is 12.6. The van der Waals surface area contributed by atoms with Gasteiger partial charge in [0.15, 0.2) is 0 Å². The number of nitrogens with zero attached hydrogens (tertiary/aromatic N) is 1. The minimum absolute atomic E-state index is 0.0143. The fraction of sp³-hybridized carbons (Fsp3) is 0.467. The van der Waals surface area contributed by atoms with E-state index >= 15 is 0 Å². The van der Waals surface area contributed by atoms with Crippen molar-refractivity contribution in [2.24, 2.45) is 11.7 Å². The molecule has 1 aliphatic carbocycles. The largest absolute Gasteiger partial charge is 0.392 e. The van der Waals surface area contributed by atoms with Crippen LogP contribution in [0.4, 0.5) is 0 Å². The number of carbonyl (C=O) groups is 1. The van der Waals surface area contributed by atoms with E-state index in [0.717, 1.165) is 25.8 Å². The first-order valence-corrected chi connectivity index (χ1v) is 7.24. The zero-order chi connectivity index (χ0) is 13.4. The SMILES string of the molecule is NC(=S)C1CCCN1C(=O)C1CC1c1ccccc1. The van der Waals surface area contributed by atoms with Gasteiger partial charge in [-0.1, -0.05) is 42.5 Å². The third-order valence-electron chi connectivity index (χ3n) is 4.20. The lowest BCUT2D eigenvalue weighted by Gasteiger charge is -2.24. The van der Waals surface area contributed by atoms with Gasteiger partial charge in [0.05, 0.1) is 11.0 Å². The van der Waals surface area contributed by atoms with Gasteiger partial charge < -0.3 is 10.6 Å². The zero-order valence-electron chi connectivity index (χ0n) is 10.8. The monoisotopic (exact) mass is 274 g/mol. The Morgan fingerprint density at radius 3 is 2.74 bits per heavy atom. The first-order valence-electron chi connectivity index (χ1n) is 6.83. The van der Waals surface area contributed by atoms with Gasteiger partial charge >= 0.3 is 0 Å². The number of benzene rings is 1. The Morgan fingerprint density at radius 1 is 1.32 bits per heavy atom. The zero-order valence-corrected chi connectivity index (χ0v) is 11.6. The Kier molecular flexibility index (Phi) is 3.27. The molecule has 3 atom stereocenters. The van der Waals surface area contributed by atoms with Crippen LogP contribution in [0.5, 0.6) is 0 Å². The summed E-state index contributed by atoms with van der Waals surface area (Å²) < 4.78 is 0. The Balaban J connectivity index is 1.68. The number of thiocarbonyl (C=S) groups is 1. The van der Waals surface area contributed by atoms with Gasteiger partial charge in [-0.25, -0.2) is 0 Å². The topological polar surface area (TPSA) is 46.3 Å². The summed E-state index contributed by atoms with van der Waals surface area (Å²) in [7, 11) is 0. The molecule has 3 nitrogen and oxygen atoms in total. The lowest BCUT2D eigenvalue weighted by Crippen LogP contribution is -2.43. The molecule has 0 radical (unpaired) electrons. The molecule has 3 unspecified atom stereocenters. The van der Waals surface area contributed by atoms with E-state index < -0.39 is 0 Å². The normalized spacial score (nSPS) is 29.3. The van der Waals surface area contributed by atoms with Gasteiger partial charge in [0, 0.05) is 12.5 Å². The molecular formula is C15H18N2OS. The highest BCUT2D eigenvalue weighted by atomic mass is 32.1. The van der Waals surface area contributed by atoms with Crippen molar-refractivity contribution in [1.82, 2.24) is 4.90 Å². The number of likely N-dealkylation sites (tertiary alicyclic amines) is 1. The summed E-state index contributed by atoms with van der Waals surface area (Å²) in [5.74, 6) is 0.766. The molecule has 100 valence electrons. The second-order valence-corrected chi connectivity index (χ2v) is 5.92. The van der Waals surface area contributed by atoms with Crippen molar-refractivity contribution in [2.45, 2.75) is 31.2 Å². The van der Waals surface area contributed by atoms with E-state index in [9.17, 15) is 4.79 Å². The number of carbonyl (C=O) groups excluding carboxylic acids is 1. The van der Waals surface area contributed by atoms with Crippen LogP contribution >= 0.6 is 12.2 Å². The highest BCUT2D eigenvalue weighted by Crippen LogP contribution is 2.49. The minimum atomic E-state index is -0.0143. The second-order valence-electron chi connectivity index (χ2n) is 5.45. The van der Waals surface area contributed by atoms with E-state index in [1.807, 2.05) is 23.1 Å². The van der Waals surface area contributed by atoms with E-state index in [0.29, 0.717) is 10.9 Å². The number of hydrogen-bond acceptors (Lipinski definition) is 2. The third-order valence-corrected chi connectivity index (χ3v) is 4.47. The van der Waals surface area contributed by atoms with E-state index in [1.54, 1.807) is 0 Å². The minimum Gasteiger partial charge on any atom is -0.392 e. The molecule has 2 N–H and O–H groups in total. The smallest absolute Gasteiger partial charge is 0.226 e. The van der Waals surface area contributed by atoms with Crippen molar-refractivity contribution in [1.29, 1.82) is 0 Å². The first-order chi connectivity index (χ1) is 9.18. The summed E-state index contributed by atoms with van der Waals surface area (Å²) >= 11 is 5.07. The van der Waals surface area contributed by atoms with E-state index in [-0.39, 0.29) is 17.9 Å². The molecule has 1 saturated heterocycles. The molecule has 3 rings (SSSR count). The van der Waals surface area contributed by atoms with Crippen molar-refractivity contribution in [3.63, 3.8) is 0 Å². The summed E-state index contributed by atoms with van der Waals surface area (Å²) in [6.07, 6.45) is 2.89. The Morgan fingerprint density at radius 2 is 2.05 bits per heavy atom. The van der Waals surface area contributed by atoms with Gasteiger partial charge in [0.2, 0.25) is 5.91 Å². The number of amides is 1. The molecule has 0 spiro atoms. The summed E-state index contributed by atoms with van der Waals surface area (Å²) in [5.41, 5.74) is 7.00. The van der Waals surface area contributed by atoms with Gasteiger partial charge in [-0.3, -0.25) is 4.79 Å². The van der Waals surface area contributed by atoms with Crippen LogP contribution < -0.4 is 5.73 Å². The van der Waals surface area contributed by atoms with Crippen molar-refractivity contribution in [2.75, 3.05) is 6.54 Å². The van der Waals surface area contributed by atoms with Crippen LogP contribution in [0.25, 0.3) is 0 Å². The highest BCUT2D eigenvalue weighted by molar-refractivity contribution is 7.80. The summed E-state index contributed by atoms with van der Waals surface area (Å²) in [5, 5.41) is 0. The Bertz CT molecular complexity index is 502. The van der Waals surface area contributed by atoms with E-state index in [4.69, 9.17) is 18.0 Å². The van der Waals surface area contributed by atoms with Gasteiger partial charge in [0.25, 0.3) is 0 Å². The molecule has 0 aromatic heterocycles. The van der Waals surface area contributed by atoms with E-state index in [2.05, 4.69) is 12.1 Å². The third kappa shape index (κ3) is 2.37. The molecular weight excluding hydrogens is 256 g/mol. The van der Waals surface area contributed by atoms with Gasteiger partial charge in [-0.05, 0) is 30.7 Å². The molecule has 1 amide bonds. The highest BCUT2D eigenvalue weighted by Gasteiger charge is 2.47. The van der Waals surface area contributed by atoms with Crippen molar-refractivity contribution in [3.8, 4) is 0 Å². The van der Waals surface area contributed by atoms with Crippen molar-refractivity contribution >= 4 is 23.1 Å². The van der Waals surface area contributed by atoms with Crippen LogP contribution in [0.1, 0.15) is 30.7 Å². The van der Waals surface area contributed by atoms with Crippen LogP contribution in [-0.4, -0.2) is 28.4 Å². The standard InChI is InChI=1S/C15H18N2OS/c16-14(19)13-7-4-8-17(13)15(18)12-9-11(12)10-5-2-1-3-6-10/h1-3,5-6,11-13H,4,7-9H2,(H2,16,19). The van der Waals surface area contributed by atoms with Crippen LogP contribution in [0.2, 0.25) is 0 Å². The fourth-order valence-electron chi connectivity index (χ4n) is 3.08. The number of rotatable bonds is 3. The average molecular weight is 274 g/mol.